The van der Waals surface area contributed by atoms with Crippen LogP contribution in [0.15, 0.2) is 24.3 Å². The Morgan fingerprint density at radius 2 is 1.54 bits per heavy atom. The van der Waals surface area contributed by atoms with E-state index in [4.69, 9.17) is 11.6 Å². The van der Waals surface area contributed by atoms with Crippen LogP contribution in [-0.4, -0.2) is 16.4 Å². The van der Waals surface area contributed by atoms with Crippen molar-refractivity contribution in [3.63, 3.8) is 0 Å². The van der Waals surface area contributed by atoms with E-state index >= 15 is 0 Å². The van der Waals surface area contributed by atoms with E-state index in [0.717, 1.165) is 19.5 Å². The molecule has 0 amide bonds. The summed E-state index contributed by atoms with van der Waals surface area (Å²) >= 11 is 6.66. The molecule has 1 rings (SSSR count). The van der Waals surface area contributed by atoms with Crippen molar-refractivity contribution in [3.8, 4) is 0 Å². The molecular formula is C22H38ClN. The molecule has 0 aliphatic heterocycles. The van der Waals surface area contributed by atoms with Crippen LogP contribution in [0.5, 0.6) is 0 Å². The smallest absolute Gasteiger partial charge is 0.0932 e. The first-order valence-corrected chi connectivity index (χ1v) is 9.90. The van der Waals surface area contributed by atoms with Gasteiger partial charge >= 0.3 is 0 Å². The number of nitrogens with zero attached hydrogens (tertiary/aromatic N) is 1. The molecule has 0 saturated carbocycles. The predicted molar refractivity (Wildman–Crippen MR) is 109 cm³/mol. The summed E-state index contributed by atoms with van der Waals surface area (Å²) in [5.41, 5.74) is 3.17. The Hall–Kier alpha value is -0.530. The molecule has 0 radical (unpaired) electrons. The lowest BCUT2D eigenvalue weighted by Gasteiger charge is -2.35. The number of benzene rings is 1. The molecule has 2 heteroatoms. The summed E-state index contributed by atoms with van der Waals surface area (Å²) in [7, 11) is 0. The maximum absolute atomic E-state index is 6.66. The van der Waals surface area contributed by atoms with Gasteiger partial charge in [0.2, 0.25) is 0 Å². The van der Waals surface area contributed by atoms with Crippen LogP contribution < -0.4 is 0 Å². The average molecular weight is 352 g/mol. The molecule has 1 nitrogen and oxygen atoms in total. The Kier molecular flexibility index (Phi) is 7.81. The van der Waals surface area contributed by atoms with Crippen LogP contribution in [0.25, 0.3) is 0 Å². The fourth-order valence-corrected chi connectivity index (χ4v) is 3.50. The molecule has 0 saturated heterocycles. The van der Waals surface area contributed by atoms with E-state index in [1.54, 1.807) is 0 Å². The Morgan fingerprint density at radius 1 is 1.00 bits per heavy atom. The second kappa shape index (κ2) is 8.72. The zero-order valence-electron chi connectivity index (χ0n) is 17.1. The molecule has 0 aliphatic rings. The molecule has 0 fully saturated rings. The maximum Gasteiger partial charge on any atom is 0.0932 e. The van der Waals surface area contributed by atoms with Gasteiger partial charge in [-0.15, -0.1) is 11.6 Å². The molecule has 0 aromatic heterocycles. The molecule has 24 heavy (non-hydrogen) atoms. The SMILES string of the molecule is CCN(Cc1ccc(C(CC(C)(C)C)C(C)C)cc1)C(C)(Cl)CC. The van der Waals surface area contributed by atoms with Gasteiger partial charge in [-0.1, -0.05) is 72.7 Å². The first-order chi connectivity index (χ1) is 11.0. The summed E-state index contributed by atoms with van der Waals surface area (Å²) in [5, 5.41) is 0. The van der Waals surface area contributed by atoms with Crippen molar-refractivity contribution < 1.29 is 0 Å². The third-order valence-corrected chi connectivity index (χ3v) is 5.61. The third kappa shape index (κ3) is 6.41. The van der Waals surface area contributed by atoms with Gasteiger partial charge in [-0.3, -0.25) is 4.90 Å². The van der Waals surface area contributed by atoms with Crippen molar-refractivity contribution in [2.45, 2.75) is 85.7 Å². The van der Waals surface area contributed by atoms with E-state index in [2.05, 4.69) is 84.6 Å². The largest absolute Gasteiger partial charge is 0.281 e. The number of rotatable bonds is 8. The molecule has 1 aromatic rings. The van der Waals surface area contributed by atoms with E-state index in [9.17, 15) is 0 Å². The Balaban J connectivity index is 2.91. The summed E-state index contributed by atoms with van der Waals surface area (Å²) in [6.45, 7) is 20.0. The highest BCUT2D eigenvalue weighted by Crippen LogP contribution is 2.36. The summed E-state index contributed by atoms with van der Waals surface area (Å²) < 4.78 is 0. The van der Waals surface area contributed by atoms with Gasteiger partial charge in [-0.05, 0) is 54.7 Å². The van der Waals surface area contributed by atoms with Gasteiger partial charge in [0, 0.05) is 6.54 Å². The van der Waals surface area contributed by atoms with Gasteiger partial charge in [0.15, 0.2) is 0 Å². The van der Waals surface area contributed by atoms with Crippen LogP contribution in [-0.2, 0) is 6.54 Å². The van der Waals surface area contributed by atoms with Gasteiger partial charge in [-0.25, -0.2) is 0 Å². The van der Waals surface area contributed by atoms with Crippen LogP contribution in [0.1, 0.15) is 85.3 Å². The van der Waals surface area contributed by atoms with Crippen molar-refractivity contribution in [1.29, 1.82) is 0 Å². The summed E-state index contributed by atoms with van der Waals surface area (Å²) in [4.78, 5) is 2.08. The van der Waals surface area contributed by atoms with Crippen LogP contribution in [0.3, 0.4) is 0 Å². The molecule has 0 aliphatic carbocycles. The fourth-order valence-electron chi connectivity index (χ4n) is 3.32. The van der Waals surface area contributed by atoms with Gasteiger partial charge < -0.3 is 0 Å². The second-order valence-corrected chi connectivity index (χ2v) is 9.68. The highest BCUT2D eigenvalue weighted by Gasteiger charge is 2.26. The lowest BCUT2D eigenvalue weighted by atomic mass is 9.76. The average Bonchev–Trinajstić information content (AvgIpc) is 2.49. The zero-order valence-corrected chi connectivity index (χ0v) is 17.9. The first-order valence-electron chi connectivity index (χ1n) is 9.53. The number of hydrogen-bond donors (Lipinski definition) is 0. The van der Waals surface area contributed by atoms with Gasteiger partial charge in [0.1, 0.15) is 0 Å². The zero-order chi connectivity index (χ0) is 18.5. The van der Waals surface area contributed by atoms with Gasteiger partial charge in [-0.2, -0.15) is 0 Å². The Bertz CT molecular complexity index is 482. The molecule has 0 heterocycles. The molecule has 0 bridgehead atoms. The van der Waals surface area contributed by atoms with Crippen molar-refractivity contribution in [3.05, 3.63) is 35.4 Å². The first kappa shape index (κ1) is 21.5. The Morgan fingerprint density at radius 3 is 1.92 bits per heavy atom. The maximum atomic E-state index is 6.66. The highest BCUT2D eigenvalue weighted by molar-refractivity contribution is 6.23. The minimum atomic E-state index is -0.264. The highest BCUT2D eigenvalue weighted by atomic mass is 35.5. The van der Waals surface area contributed by atoms with Crippen molar-refractivity contribution in [2.24, 2.45) is 11.3 Å². The number of hydrogen-bond acceptors (Lipinski definition) is 1. The number of alkyl halides is 1. The number of halogens is 1. The van der Waals surface area contributed by atoms with Crippen LogP contribution in [0.2, 0.25) is 0 Å². The Labute approximate surface area is 155 Å². The van der Waals surface area contributed by atoms with Crippen molar-refractivity contribution in [2.75, 3.05) is 6.54 Å². The normalized spacial score (nSPS) is 16.5. The minimum absolute atomic E-state index is 0.264. The summed E-state index contributed by atoms with van der Waals surface area (Å²) in [5.74, 6) is 1.28. The van der Waals surface area contributed by atoms with Gasteiger partial charge in [0.25, 0.3) is 0 Å². The fraction of sp³-hybridized carbons (Fsp3) is 0.727. The summed E-state index contributed by atoms with van der Waals surface area (Å²) in [6, 6.07) is 9.24. The molecule has 1 aromatic carbocycles. The molecule has 0 N–H and O–H groups in total. The lowest BCUT2D eigenvalue weighted by molar-refractivity contribution is 0.171. The van der Waals surface area contributed by atoms with E-state index in [1.807, 2.05) is 0 Å². The minimum Gasteiger partial charge on any atom is -0.281 e. The standard InChI is InChI=1S/C22H38ClN/c1-9-22(8,23)24(10-2)16-18-11-13-19(14-12-18)20(17(3)4)15-21(5,6)7/h11-14,17,20H,9-10,15-16H2,1-8H3. The van der Waals surface area contributed by atoms with Crippen LogP contribution in [0, 0.1) is 11.3 Å². The van der Waals surface area contributed by atoms with Gasteiger partial charge in [0.05, 0.1) is 5.00 Å². The molecule has 0 spiro atoms. The van der Waals surface area contributed by atoms with E-state index in [-0.39, 0.29) is 5.00 Å². The molecule has 138 valence electrons. The molecular weight excluding hydrogens is 314 g/mol. The van der Waals surface area contributed by atoms with Crippen molar-refractivity contribution in [1.82, 2.24) is 4.90 Å². The van der Waals surface area contributed by atoms with E-state index in [0.29, 0.717) is 17.3 Å². The molecule has 2 unspecified atom stereocenters. The second-order valence-electron chi connectivity index (χ2n) is 8.87. The third-order valence-electron chi connectivity index (χ3n) is 5.10. The monoisotopic (exact) mass is 351 g/mol. The quantitative estimate of drug-likeness (QED) is 0.358. The topological polar surface area (TPSA) is 3.24 Å². The van der Waals surface area contributed by atoms with E-state index in [1.165, 1.54) is 17.5 Å². The van der Waals surface area contributed by atoms with Crippen LogP contribution >= 0.6 is 11.6 Å². The molecule has 2 atom stereocenters. The lowest BCUT2D eigenvalue weighted by Crippen LogP contribution is -2.40. The van der Waals surface area contributed by atoms with E-state index < -0.39 is 0 Å². The van der Waals surface area contributed by atoms with Crippen molar-refractivity contribution >= 4 is 11.6 Å². The predicted octanol–water partition coefficient (Wildman–Crippen LogP) is 7.05. The van der Waals surface area contributed by atoms with Crippen LogP contribution in [0.4, 0.5) is 0 Å². The summed E-state index contributed by atoms with van der Waals surface area (Å²) in [6.07, 6.45) is 2.17.